The maximum Gasteiger partial charge on any atom is 0.0813 e. The molecule has 4 fully saturated rings. The number of aryl methyl sites for hydroxylation is 1. The van der Waals surface area contributed by atoms with Crippen LogP contribution in [0.25, 0.3) is 0 Å². The van der Waals surface area contributed by atoms with Gasteiger partial charge < -0.3 is 4.74 Å². The van der Waals surface area contributed by atoms with Crippen molar-refractivity contribution in [2.45, 2.75) is 57.0 Å². The van der Waals surface area contributed by atoms with Crippen LogP contribution >= 0.6 is 0 Å². The van der Waals surface area contributed by atoms with Gasteiger partial charge in [-0.25, -0.2) is 0 Å². The summed E-state index contributed by atoms with van der Waals surface area (Å²) in [5, 5.41) is 0. The van der Waals surface area contributed by atoms with Crippen LogP contribution in [-0.2, 0) is 11.2 Å². The van der Waals surface area contributed by atoms with Gasteiger partial charge in [-0.2, -0.15) is 0 Å². The van der Waals surface area contributed by atoms with Crippen LogP contribution < -0.4 is 0 Å². The Morgan fingerprint density at radius 2 is 1.86 bits per heavy atom. The van der Waals surface area contributed by atoms with E-state index in [-0.39, 0.29) is 0 Å². The van der Waals surface area contributed by atoms with Gasteiger partial charge in [-0.3, -0.25) is 0 Å². The molecule has 3 saturated carbocycles. The highest BCUT2D eigenvalue weighted by atomic mass is 16.6. The number of epoxide rings is 1. The van der Waals surface area contributed by atoms with Crippen LogP contribution in [0.4, 0.5) is 0 Å². The van der Waals surface area contributed by atoms with Crippen LogP contribution in [0.1, 0.15) is 55.6 Å². The van der Waals surface area contributed by atoms with Gasteiger partial charge in [0.15, 0.2) is 0 Å². The zero-order valence-corrected chi connectivity index (χ0v) is 12.8. The van der Waals surface area contributed by atoms with Gasteiger partial charge in [0.25, 0.3) is 0 Å². The fourth-order valence-electron chi connectivity index (χ4n) is 6.10. The van der Waals surface area contributed by atoms with E-state index in [4.69, 9.17) is 4.74 Å². The summed E-state index contributed by atoms with van der Waals surface area (Å²) in [6, 6.07) is 9.33. The quantitative estimate of drug-likeness (QED) is 0.738. The van der Waals surface area contributed by atoms with Gasteiger partial charge in [0.05, 0.1) is 12.7 Å². The van der Waals surface area contributed by atoms with Gasteiger partial charge in [0.2, 0.25) is 0 Å². The van der Waals surface area contributed by atoms with E-state index in [0.29, 0.717) is 6.10 Å². The van der Waals surface area contributed by atoms with E-state index in [1.165, 1.54) is 32.1 Å². The number of hydrogen-bond donors (Lipinski definition) is 0. The van der Waals surface area contributed by atoms with E-state index in [0.717, 1.165) is 36.2 Å². The van der Waals surface area contributed by atoms with E-state index in [2.05, 4.69) is 24.3 Å². The highest BCUT2D eigenvalue weighted by Crippen LogP contribution is 2.63. The molecule has 6 atom stereocenters. The fourth-order valence-corrected chi connectivity index (χ4v) is 6.10. The molecule has 112 valence electrons. The molecule has 0 N–H and O–H groups in total. The Morgan fingerprint density at radius 3 is 2.76 bits per heavy atom. The second kappa shape index (κ2) is 4.84. The predicted molar refractivity (Wildman–Crippen MR) is 84.3 cm³/mol. The highest BCUT2D eigenvalue weighted by Gasteiger charge is 2.54. The van der Waals surface area contributed by atoms with Crippen LogP contribution in [0.2, 0.25) is 0 Å². The molecule has 0 spiro atoms. The van der Waals surface area contributed by atoms with Gasteiger partial charge in [-0.05, 0) is 79.2 Å². The lowest BCUT2D eigenvalue weighted by molar-refractivity contribution is 0.232. The Balaban J connectivity index is 1.40. The molecule has 4 aliphatic rings. The third kappa shape index (κ3) is 2.08. The number of ether oxygens (including phenoxy) is 1. The zero-order chi connectivity index (χ0) is 13.8. The topological polar surface area (TPSA) is 12.5 Å². The molecule has 1 saturated heterocycles. The summed E-state index contributed by atoms with van der Waals surface area (Å²) in [7, 11) is 0. The van der Waals surface area contributed by atoms with Gasteiger partial charge in [0.1, 0.15) is 0 Å². The minimum atomic E-state index is 0.567. The summed E-state index contributed by atoms with van der Waals surface area (Å²) in [5.41, 5.74) is 3.33. The average molecular weight is 282 g/mol. The monoisotopic (exact) mass is 282 g/mol. The molecule has 2 bridgehead atoms. The predicted octanol–water partition coefficient (Wildman–Crippen LogP) is 4.56. The normalized spacial score (nSPS) is 43.2. The Labute approximate surface area is 128 Å². The molecule has 6 unspecified atom stereocenters. The average Bonchev–Trinajstić information content (AvgIpc) is 2.95. The van der Waals surface area contributed by atoms with E-state index in [1.54, 1.807) is 24.0 Å². The highest BCUT2D eigenvalue weighted by molar-refractivity contribution is 5.33. The first-order chi connectivity index (χ1) is 10.4. The van der Waals surface area contributed by atoms with Crippen LogP contribution in [0.3, 0.4) is 0 Å². The van der Waals surface area contributed by atoms with Crippen molar-refractivity contribution < 1.29 is 4.74 Å². The summed E-state index contributed by atoms with van der Waals surface area (Å²) in [4.78, 5) is 0. The molecule has 0 amide bonds. The second-order valence-corrected chi connectivity index (χ2v) is 7.95. The van der Waals surface area contributed by atoms with Gasteiger partial charge >= 0.3 is 0 Å². The maximum absolute atomic E-state index is 5.40. The van der Waals surface area contributed by atoms with Crippen molar-refractivity contribution in [2.75, 3.05) is 6.61 Å². The Morgan fingerprint density at radius 1 is 1.00 bits per heavy atom. The summed E-state index contributed by atoms with van der Waals surface area (Å²) < 4.78 is 5.40. The van der Waals surface area contributed by atoms with Crippen molar-refractivity contribution in [1.82, 2.24) is 0 Å². The van der Waals surface area contributed by atoms with Gasteiger partial charge in [0, 0.05) is 0 Å². The Kier molecular flexibility index (Phi) is 2.93. The summed E-state index contributed by atoms with van der Waals surface area (Å²) in [6.07, 6.45) is 10.6. The lowest BCUT2D eigenvalue weighted by atomic mass is 9.72. The minimum absolute atomic E-state index is 0.567. The van der Waals surface area contributed by atoms with Crippen LogP contribution in [0, 0.1) is 23.7 Å². The number of benzene rings is 1. The van der Waals surface area contributed by atoms with Crippen molar-refractivity contribution >= 4 is 0 Å². The molecular formula is C20H26O. The number of fused-ring (bicyclic) bond motifs is 5. The SMILES string of the molecule is c1ccc(C2CC3CC2C2CCCC32)c(CCC2CO2)c1. The molecule has 5 rings (SSSR count). The zero-order valence-electron chi connectivity index (χ0n) is 12.8. The molecule has 21 heavy (non-hydrogen) atoms. The summed E-state index contributed by atoms with van der Waals surface area (Å²) in [6.45, 7) is 1.00. The standard InChI is InChI=1S/C20H26O/c1-2-5-16(13(4-1)8-9-15-12-21-15)19-10-14-11-20(19)18-7-3-6-17(14)18/h1-2,4-5,14-15,17-20H,3,6-12H2. The number of hydrogen-bond acceptors (Lipinski definition) is 1. The molecule has 1 nitrogen and oxygen atoms in total. The molecule has 1 heterocycles. The lowest BCUT2D eigenvalue weighted by Gasteiger charge is -2.33. The van der Waals surface area contributed by atoms with Gasteiger partial charge in [-0.15, -0.1) is 0 Å². The Bertz CT molecular complexity index is 532. The first-order valence-electron chi connectivity index (χ1n) is 9.09. The third-order valence-corrected chi connectivity index (χ3v) is 7.02. The van der Waals surface area contributed by atoms with E-state index in [1.807, 2.05) is 0 Å². The van der Waals surface area contributed by atoms with Crippen LogP contribution in [-0.4, -0.2) is 12.7 Å². The van der Waals surface area contributed by atoms with Crippen molar-refractivity contribution in [3.63, 3.8) is 0 Å². The third-order valence-electron chi connectivity index (χ3n) is 7.02. The maximum atomic E-state index is 5.40. The van der Waals surface area contributed by atoms with Crippen LogP contribution in [0.15, 0.2) is 24.3 Å². The van der Waals surface area contributed by atoms with Crippen molar-refractivity contribution in [3.8, 4) is 0 Å². The van der Waals surface area contributed by atoms with Gasteiger partial charge in [-0.1, -0.05) is 30.7 Å². The van der Waals surface area contributed by atoms with Crippen molar-refractivity contribution in [2.24, 2.45) is 23.7 Å². The molecule has 3 aliphatic carbocycles. The van der Waals surface area contributed by atoms with Crippen molar-refractivity contribution in [1.29, 1.82) is 0 Å². The van der Waals surface area contributed by atoms with Crippen LogP contribution in [0.5, 0.6) is 0 Å². The molecule has 1 heteroatoms. The molecule has 1 aromatic rings. The first-order valence-corrected chi connectivity index (χ1v) is 9.09. The molecule has 1 aliphatic heterocycles. The van der Waals surface area contributed by atoms with Crippen molar-refractivity contribution in [3.05, 3.63) is 35.4 Å². The van der Waals surface area contributed by atoms with E-state index >= 15 is 0 Å². The molecular weight excluding hydrogens is 256 g/mol. The van der Waals surface area contributed by atoms with E-state index < -0.39 is 0 Å². The smallest absolute Gasteiger partial charge is 0.0813 e. The first kappa shape index (κ1) is 12.7. The largest absolute Gasteiger partial charge is 0.373 e. The molecule has 0 radical (unpaired) electrons. The summed E-state index contributed by atoms with van der Waals surface area (Å²) >= 11 is 0. The van der Waals surface area contributed by atoms with E-state index in [9.17, 15) is 0 Å². The number of rotatable bonds is 4. The minimum Gasteiger partial charge on any atom is -0.373 e. The summed E-state index contributed by atoms with van der Waals surface area (Å²) in [5.74, 6) is 5.14. The molecule has 0 aromatic heterocycles. The lowest BCUT2D eigenvalue weighted by Crippen LogP contribution is -2.23. The fraction of sp³-hybridized carbons (Fsp3) is 0.700. The molecule has 1 aromatic carbocycles. The second-order valence-electron chi connectivity index (χ2n) is 7.95. The Hall–Kier alpha value is -0.820.